The highest BCUT2D eigenvalue weighted by atomic mass is 79.9. The van der Waals surface area contributed by atoms with Crippen LogP contribution < -0.4 is 4.72 Å². The summed E-state index contributed by atoms with van der Waals surface area (Å²) < 4.78 is 28.3. The number of hydrogen-bond acceptors (Lipinski definition) is 5. The maximum atomic E-state index is 12.1. The van der Waals surface area contributed by atoms with Crippen molar-refractivity contribution in [1.29, 1.82) is 0 Å². The van der Waals surface area contributed by atoms with Crippen LogP contribution in [0.1, 0.15) is 13.8 Å². The molecule has 0 aliphatic heterocycles. The average Bonchev–Trinajstić information content (AvgIpc) is 2.56. The average molecular weight is 340 g/mol. The van der Waals surface area contributed by atoms with Gasteiger partial charge in [-0.25, -0.2) is 17.8 Å². The highest BCUT2D eigenvalue weighted by molar-refractivity contribution is 9.10. The highest BCUT2D eigenvalue weighted by Crippen LogP contribution is 2.18. The first-order chi connectivity index (χ1) is 8.08. The lowest BCUT2D eigenvalue weighted by Gasteiger charge is -2.32. The van der Waals surface area contributed by atoms with Gasteiger partial charge in [0.15, 0.2) is 4.60 Å². The molecule has 1 aromatic heterocycles. The maximum absolute atomic E-state index is 12.1. The van der Waals surface area contributed by atoms with Crippen LogP contribution in [0.15, 0.2) is 9.63 Å². The molecule has 0 aromatic carbocycles. The molecule has 0 unspecified atom stereocenters. The summed E-state index contributed by atoms with van der Waals surface area (Å²) in [5.41, 5.74) is -0.286. The molecule has 0 aliphatic carbocycles. The summed E-state index contributed by atoms with van der Waals surface area (Å²) in [6.45, 7) is 4.19. The second-order valence-electron chi connectivity index (χ2n) is 4.84. The summed E-state index contributed by atoms with van der Waals surface area (Å²) in [7, 11) is 1.70. The van der Waals surface area contributed by atoms with Crippen molar-refractivity contribution in [3.8, 4) is 0 Å². The van der Waals surface area contributed by atoms with Crippen molar-refractivity contribution in [3.05, 3.63) is 4.60 Å². The van der Waals surface area contributed by atoms with Crippen molar-refractivity contribution in [2.45, 2.75) is 24.4 Å². The number of sulfonamides is 1. The predicted octanol–water partition coefficient (Wildman–Crippen LogP) is 0.196. The van der Waals surface area contributed by atoms with Gasteiger partial charge in [0.25, 0.3) is 10.0 Å². The minimum Gasteiger partial charge on any atom is -0.303 e. The van der Waals surface area contributed by atoms with Crippen molar-refractivity contribution in [1.82, 2.24) is 24.6 Å². The number of aromatic nitrogens is 3. The molecular formula is C9H18BrN5O2S. The number of halogens is 1. The van der Waals surface area contributed by atoms with Crippen LogP contribution in [0.3, 0.4) is 0 Å². The number of nitrogens with one attached hydrogen (secondary N) is 1. The zero-order valence-corrected chi connectivity index (χ0v) is 13.5. The Morgan fingerprint density at radius 3 is 2.39 bits per heavy atom. The number of hydrogen-bond donors (Lipinski definition) is 1. The molecule has 0 fully saturated rings. The van der Waals surface area contributed by atoms with Crippen LogP contribution in [0.4, 0.5) is 0 Å². The fourth-order valence-electron chi connectivity index (χ4n) is 1.11. The monoisotopic (exact) mass is 339 g/mol. The van der Waals surface area contributed by atoms with E-state index in [1.807, 2.05) is 32.8 Å². The first-order valence-electron chi connectivity index (χ1n) is 5.30. The molecule has 0 saturated carbocycles. The van der Waals surface area contributed by atoms with Crippen molar-refractivity contribution in [2.75, 3.05) is 20.6 Å². The number of aryl methyl sites for hydroxylation is 1. The Morgan fingerprint density at radius 2 is 2.00 bits per heavy atom. The topological polar surface area (TPSA) is 80.1 Å². The molecule has 1 aromatic rings. The summed E-state index contributed by atoms with van der Waals surface area (Å²) in [5, 5.41) is 7.34. The third-order valence-corrected chi connectivity index (χ3v) is 5.18. The Balaban J connectivity index is 2.91. The summed E-state index contributed by atoms with van der Waals surface area (Å²) >= 11 is 3.08. The molecule has 1 rings (SSSR count). The third-order valence-electron chi connectivity index (χ3n) is 2.90. The van der Waals surface area contributed by atoms with Gasteiger partial charge in [-0.05, 0) is 43.9 Å². The van der Waals surface area contributed by atoms with Crippen molar-refractivity contribution in [3.63, 3.8) is 0 Å². The summed E-state index contributed by atoms with van der Waals surface area (Å²) in [6, 6.07) is 0. The summed E-state index contributed by atoms with van der Waals surface area (Å²) in [5.74, 6) is 0. The molecule has 0 saturated heterocycles. The van der Waals surface area contributed by atoms with Gasteiger partial charge >= 0.3 is 0 Å². The molecule has 7 nitrogen and oxygen atoms in total. The lowest BCUT2D eigenvalue weighted by molar-refractivity contribution is 0.198. The zero-order chi connectivity index (χ0) is 14.1. The van der Waals surface area contributed by atoms with Crippen LogP contribution in [-0.2, 0) is 17.1 Å². The van der Waals surface area contributed by atoms with E-state index in [0.29, 0.717) is 6.54 Å². The summed E-state index contributed by atoms with van der Waals surface area (Å²) in [6.07, 6.45) is 0. The molecule has 0 spiro atoms. The minimum atomic E-state index is -3.63. The van der Waals surface area contributed by atoms with Gasteiger partial charge in [0.05, 0.1) is 0 Å². The van der Waals surface area contributed by atoms with E-state index < -0.39 is 10.0 Å². The number of rotatable bonds is 5. The van der Waals surface area contributed by atoms with E-state index in [1.54, 1.807) is 0 Å². The maximum Gasteiger partial charge on any atom is 0.260 e. The van der Waals surface area contributed by atoms with Crippen LogP contribution in [-0.4, -0.2) is 54.5 Å². The highest BCUT2D eigenvalue weighted by Gasteiger charge is 2.28. The van der Waals surface area contributed by atoms with Gasteiger partial charge in [0.2, 0.25) is 5.03 Å². The van der Waals surface area contributed by atoms with E-state index in [9.17, 15) is 8.42 Å². The van der Waals surface area contributed by atoms with Gasteiger partial charge < -0.3 is 4.90 Å². The van der Waals surface area contributed by atoms with Crippen molar-refractivity contribution < 1.29 is 8.42 Å². The Hall–Kier alpha value is -0.510. The zero-order valence-electron chi connectivity index (χ0n) is 11.1. The van der Waals surface area contributed by atoms with E-state index in [-0.39, 0.29) is 15.2 Å². The molecular weight excluding hydrogens is 322 g/mol. The molecule has 0 bridgehead atoms. The van der Waals surface area contributed by atoms with Crippen LogP contribution in [0.2, 0.25) is 0 Å². The van der Waals surface area contributed by atoms with E-state index in [0.717, 1.165) is 0 Å². The smallest absolute Gasteiger partial charge is 0.260 e. The second-order valence-corrected chi connectivity index (χ2v) is 7.27. The minimum absolute atomic E-state index is 0.0251. The predicted molar refractivity (Wildman–Crippen MR) is 71.7 cm³/mol. The Kier molecular flexibility index (Phi) is 4.52. The van der Waals surface area contributed by atoms with Gasteiger partial charge in [-0.15, -0.1) is 5.10 Å². The number of nitrogens with zero attached hydrogens (tertiary/aromatic N) is 4. The first kappa shape index (κ1) is 15.5. The molecule has 0 aliphatic rings. The third kappa shape index (κ3) is 3.28. The fourth-order valence-corrected chi connectivity index (χ4v) is 3.40. The van der Waals surface area contributed by atoms with Gasteiger partial charge in [0, 0.05) is 19.1 Å². The largest absolute Gasteiger partial charge is 0.303 e. The van der Waals surface area contributed by atoms with Crippen molar-refractivity contribution in [2.24, 2.45) is 7.05 Å². The van der Waals surface area contributed by atoms with Crippen molar-refractivity contribution >= 4 is 26.0 Å². The van der Waals surface area contributed by atoms with Gasteiger partial charge in [-0.1, -0.05) is 5.21 Å². The number of likely N-dealkylation sites (N-methyl/N-ethyl adjacent to an activating group) is 1. The first-order valence-corrected chi connectivity index (χ1v) is 7.58. The Morgan fingerprint density at radius 1 is 1.44 bits per heavy atom. The molecule has 0 radical (unpaired) electrons. The summed E-state index contributed by atoms with van der Waals surface area (Å²) in [4.78, 5) is 1.95. The quantitative estimate of drug-likeness (QED) is 0.828. The normalized spacial score (nSPS) is 13.3. The Labute approximate surface area is 116 Å². The van der Waals surface area contributed by atoms with E-state index in [2.05, 4.69) is 31.0 Å². The fraction of sp³-hybridized carbons (Fsp3) is 0.778. The second kappa shape index (κ2) is 5.24. The van der Waals surface area contributed by atoms with E-state index in [4.69, 9.17) is 0 Å². The lowest BCUT2D eigenvalue weighted by atomic mass is 10.1. The van der Waals surface area contributed by atoms with Gasteiger partial charge in [-0.2, -0.15) is 0 Å². The molecule has 0 amide bonds. The van der Waals surface area contributed by atoms with Gasteiger partial charge in [0.1, 0.15) is 0 Å². The molecule has 1 heterocycles. The molecule has 104 valence electrons. The van der Waals surface area contributed by atoms with Gasteiger partial charge in [-0.3, -0.25) is 0 Å². The van der Waals surface area contributed by atoms with Crippen LogP contribution in [0.5, 0.6) is 0 Å². The SMILES string of the molecule is CN(C)C(C)(C)CNS(=O)(=O)c1c(Br)nnn1C. The van der Waals surface area contributed by atoms with Crippen LogP contribution in [0, 0.1) is 0 Å². The van der Waals surface area contributed by atoms with E-state index in [1.165, 1.54) is 11.7 Å². The lowest BCUT2D eigenvalue weighted by Crippen LogP contribution is -2.48. The molecule has 18 heavy (non-hydrogen) atoms. The van der Waals surface area contributed by atoms with E-state index >= 15 is 0 Å². The standard InChI is InChI=1S/C9H18BrN5O2S/c1-9(2,14(3)4)6-11-18(16,17)8-7(10)12-13-15(8)5/h11H,6H2,1-5H3. The molecule has 9 heteroatoms. The van der Waals surface area contributed by atoms with Crippen LogP contribution >= 0.6 is 15.9 Å². The molecule has 0 atom stereocenters. The Bertz CT molecular complexity index is 504. The molecule has 1 N–H and O–H groups in total. The van der Waals surface area contributed by atoms with Crippen LogP contribution in [0.25, 0.3) is 0 Å².